The molecular weight excluding hydrogens is 334 g/mol. The zero-order valence-electron chi connectivity index (χ0n) is 15.0. The average Bonchev–Trinajstić information content (AvgIpc) is 3.21. The number of ether oxygens (including phenoxy) is 1. The van der Waals surface area contributed by atoms with Gasteiger partial charge >= 0.3 is 0 Å². The Balaban J connectivity index is 1.55. The number of amides is 1. The molecule has 1 N–H and O–H groups in total. The van der Waals surface area contributed by atoms with Crippen LogP contribution in [-0.4, -0.2) is 48.6 Å². The molecule has 0 bridgehead atoms. The Morgan fingerprint density at radius 1 is 1.40 bits per heavy atom. The van der Waals surface area contributed by atoms with Crippen LogP contribution in [0.15, 0.2) is 23.6 Å². The molecule has 3 rings (SSSR count). The van der Waals surface area contributed by atoms with Crippen LogP contribution in [0.4, 0.5) is 5.13 Å². The van der Waals surface area contributed by atoms with Crippen molar-refractivity contribution in [3.8, 4) is 11.3 Å². The lowest BCUT2D eigenvalue weighted by atomic mass is 10.1. The topological polar surface area (TPSA) is 54.5 Å². The molecule has 1 unspecified atom stereocenters. The number of benzene rings is 1. The maximum atomic E-state index is 12.2. The van der Waals surface area contributed by atoms with Crippen molar-refractivity contribution in [3.63, 3.8) is 0 Å². The highest BCUT2D eigenvalue weighted by molar-refractivity contribution is 7.14. The first-order valence-electron chi connectivity index (χ1n) is 8.64. The molecule has 25 heavy (non-hydrogen) atoms. The van der Waals surface area contributed by atoms with E-state index in [1.807, 2.05) is 17.3 Å². The fourth-order valence-corrected chi connectivity index (χ4v) is 3.70. The van der Waals surface area contributed by atoms with Crippen LogP contribution in [0, 0.1) is 13.8 Å². The maximum absolute atomic E-state index is 12.2. The molecule has 1 saturated heterocycles. The molecule has 1 atom stereocenters. The van der Waals surface area contributed by atoms with E-state index in [1.54, 1.807) is 0 Å². The molecule has 0 spiro atoms. The van der Waals surface area contributed by atoms with Crippen molar-refractivity contribution in [2.45, 2.75) is 32.8 Å². The van der Waals surface area contributed by atoms with Gasteiger partial charge in [0.05, 0.1) is 18.3 Å². The number of nitrogens with zero attached hydrogens (tertiary/aromatic N) is 2. The second-order valence-corrected chi connectivity index (χ2v) is 7.57. The van der Waals surface area contributed by atoms with E-state index in [-0.39, 0.29) is 12.0 Å². The summed E-state index contributed by atoms with van der Waals surface area (Å²) in [7, 11) is 1.95. The summed E-state index contributed by atoms with van der Waals surface area (Å²) >= 11 is 1.46. The maximum Gasteiger partial charge on any atom is 0.240 e. The highest BCUT2D eigenvalue weighted by Gasteiger charge is 2.19. The molecule has 1 aromatic carbocycles. The third kappa shape index (κ3) is 4.87. The summed E-state index contributed by atoms with van der Waals surface area (Å²) in [5.41, 5.74) is 4.49. The van der Waals surface area contributed by atoms with Gasteiger partial charge in [0, 0.05) is 24.1 Å². The lowest BCUT2D eigenvalue weighted by Crippen LogP contribution is -2.35. The van der Waals surface area contributed by atoms with E-state index in [4.69, 9.17) is 4.74 Å². The molecule has 6 heteroatoms. The van der Waals surface area contributed by atoms with Crippen molar-refractivity contribution < 1.29 is 9.53 Å². The summed E-state index contributed by atoms with van der Waals surface area (Å²) in [5.74, 6) is -0.0403. The number of likely N-dealkylation sites (N-methyl/N-ethyl adjacent to an activating group) is 1. The van der Waals surface area contributed by atoms with E-state index < -0.39 is 0 Å². The molecule has 1 fully saturated rings. The zero-order valence-corrected chi connectivity index (χ0v) is 15.9. The van der Waals surface area contributed by atoms with Gasteiger partial charge < -0.3 is 10.1 Å². The van der Waals surface area contributed by atoms with Gasteiger partial charge in [0.1, 0.15) is 0 Å². The van der Waals surface area contributed by atoms with Gasteiger partial charge in [-0.15, -0.1) is 11.3 Å². The number of aryl methyl sites for hydroxylation is 2. The Labute approximate surface area is 153 Å². The third-order valence-corrected chi connectivity index (χ3v) is 5.26. The number of hydrogen-bond acceptors (Lipinski definition) is 5. The highest BCUT2D eigenvalue weighted by atomic mass is 32.1. The highest BCUT2D eigenvalue weighted by Crippen LogP contribution is 2.26. The SMILES string of the molecule is Cc1ccc(-c2csc(NC(=O)CN(C)CC3CCCO3)n2)cc1C. The standard InChI is InChI=1S/C19H25N3O2S/c1-13-6-7-15(9-14(13)2)17-12-25-19(20-17)21-18(23)11-22(3)10-16-5-4-8-24-16/h6-7,9,12,16H,4-5,8,10-11H2,1-3H3,(H,20,21,23). The van der Waals surface area contributed by atoms with E-state index in [0.717, 1.165) is 37.3 Å². The van der Waals surface area contributed by atoms with E-state index in [1.165, 1.54) is 22.5 Å². The Bertz CT molecular complexity index is 738. The minimum atomic E-state index is -0.0403. The smallest absolute Gasteiger partial charge is 0.240 e. The molecule has 0 aliphatic carbocycles. The molecule has 0 saturated carbocycles. The predicted molar refractivity (Wildman–Crippen MR) is 102 cm³/mol. The van der Waals surface area contributed by atoms with Crippen LogP contribution in [0.1, 0.15) is 24.0 Å². The minimum absolute atomic E-state index is 0.0403. The van der Waals surface area contributed by atoms with Crippen molar-refractivity contribution >= 4 is 22.4 Å². The Morgan fingerprint density at radius 2 is 2.24 bits per heavy atom. The van der Waals surface area contributed by atoms with Crippen LogP contribution in [-0.2, 0) is 9.53 Å². The normalized spacial score (nSPS) is 17.2. The summed E-state index contributed by atoms with van der Waals surface area (Å²) in [6.07, 6.45) is 2.46. The number of nitrogens with one attached hydrogen (secondary N) is 1. The van der Waals surface area contributed by atoms with Crippen molar-refractivity contribution in [2.75, 3.05) is 32.1 Å². The lowest BCUT2D eigenvalue weighted by molar-refractivity contribution is -0.117. The van der Waals surface area contributed by atoms with Crippen LogP contribution in [0.25, 0.3) is 11.3 Å². The number of rotatable bonds is 6. The average molecular weight is 359 g/mol. The van der Waals surface area contributed by atoms with Crippen molar-refractivity contribution in [1.82, 2.24) is 9.88 Å². The Kier molecular flexibility index (Phi) is 5.83. The van der Waals surface area contributed by atoms with Crippen LogP contribution >= 0.6 is 11.3 Å². The van der Waals surface area contributed by atoms with Gasteiger partial charge in [-0.05, 0) is 50.9 Å². The van der Waals surface area contributed by atoms with E-state index in [2.05, 4.69) is 42.3 Å². The molecule has 1 aliphatic rings. The fourth-order valence-electron chi connectivity index (χ4n) is 2.97. The van der Waals surface area contributed by atoms with Gasteiger partial charge in [-0.25, -0.2) is 4.98 Å². The molecule has 2 aromatic rings. The molecule has 1 aliphatic heterocycles. The van der Waals surface area contributed by atoms with Gasteiger partial charge in [-0.1, -0.05) is 12.1 Å². The molecule has 134 valence electrons. The van der Waals surface area contributed by atoms with Gasteiger partial charge in [0.2, 0.25) is 5.91 Å². The second-order valence-electron chi connectivity index (χ2n) is 6.72. The van der Waals surface area contributed by atoms with E-state index in [0.29, 0.717) is 11.7 Å². The number of thiazole rings is 1. The van der Waals surface area contributed by atoms with Crippen molar-refractivity contribution in [1.29, 1.82) is 0 Å². The summed E-state index contributed by atoms with van der Waals surface area (Å²) in [4.78, 5) is 18.8. The van der Waals surface area contributed by atoms with Crippen LogP contribution in [0.2, 0.25) is 0 Å². The molecule has 0 radical (unpaired) electrons. The molecular formula is C19H25N3O2S. The summed E-state index contributed by atoms with van der Waals surface area (Å²) in [5, 5.41) is 5.52. The van der Waals surface area contributed by atoms with Gasteiger partial charge in [0.15, 0.2) is 5.13 Å². The summed E-state index contributed by atoms with van der Waals surface area (Å²) < 4.78 is 5.61. The van der Waals surface area contributed by atoms with E-state index >= 15 is 0 Å². The first kappa shape index (κ1) is 18.0. The Hall–Kier alpha value is -1.76. The number of hydrogen-bond donors (Lipinski definition) is 1. The van der Waals surface area contributed by atoms with Crippen LogP contribution in [0.5, 0.6) is 0 Å². The molecule has 5 nitrogen and oxygen atoms in total. The van der Waals surface area contributed by atoms with Gasteiger partial charge in [0.25, 0.3) is 0 Å². The molecule has 2 heterocycles. The van der Waals surface area contributed by atoms with Crippen LogP contribution in [0.3, 0.4) is 0 Å². The fraction of sp³-hybridized carbons (Fsp3) is 0.474. The summed E-state index contributed by atoms with van der Waals surface area (Å²) in [6.45, 7) is 6.17. The third-order valence-electron chi connectivity index (χ3n) is 4.51. The number of carbonyl (C=O) groups is 1. The zero-order chi connectivity index (χ0) is 17.8. The van der Waals surface area contributed by atoms with Crippen molar-refractivity contribution in [3.05, 3.63) is 34.7 Å². The Morgan fingerprint density at radius 3 is 2.96 bits per heavy atom. The number of anilines is 1. The second kappa shape index (κ2) is 8.08. The lowest BCUT2D eigenvalue weighted by Gasteiger charge is -2.19. The largest absolute Gasteiger partial charge is 0.377 e. The minimum Gasteiger partial charge on any atom is -0.377 e. The van der Waals surface area contributed by atoms with Crippen molar-refractivity contribution in [2.24, 2.45) is 0 Å². The monoisotopic (exact) mass is 359 g/mol. The summed E-state index contributed by atoms with van der Waals surface area (Å²) in [6, 6.07) is 6.30. The number of carbonyl (C=O) groups excluding carboxylic acids is 1. The van der Waals surface area contributed by atoms with Gasteiger partial charge in [-0.2, -0.15) is 0 Å². The molecule has 1 aromatic heterocycles. The van der Waals surface area contributed by atoms with Gasteiger partial charge in [-0.3, -0.25) is 9.69 Å². The quantitative estimate of drug-likeness (QED) is 0.858. The van der Waals surface area contributed by atoms with Crippen LogP contribution < -0.4 is 5.32 Å². The number of aromatic nitrogens is 1. The first-order valence-corrected chi connectivity index (χ1v) is 9.52. The predicted octanol–water partition coefficient (Wildman–Crippen LogP) is 3.48. The molecule has 1 amide bonds. The first-order chi connectivity index (χ1) is 12.0. The van der Waals surface area contributed by atoms with E-state index in [9.17, 15) is 4.79 Å².